The van der Waals surface area contributed by atoms with Gasteiger partial charge in [-0.2, -0.15) is 0 Å². The molecule has 0 bridgehead atoms. The van der Waals surface area contributed by atoms with Crippen molar-refractivity contribution in [2.75, 3.05) is 47.6 Å². The number of carbonyl (C=O) groups excluding carboxylic acids is 2. The van der Waals surface area contributed by atoms with E-state index in [9.17, 15) is 14.7 Å². The second kappa shape index (κ2) is 12.4. The topological polar surface area (TPSA) is 101 Å². The molecule has 0 aliphatic carbocycles. The number of fused-ring (bicyclic) bond motifs is 1. The number of aliphatic hydroxyl groups is 1. The molecule has 36 heavy (non-hydrogen) atoms. The van der Waals surface area contributed by atoms with Crippen molar-refractivity contribution in [3.63, 3.8) is 0 Å². The van der Waals surface area contributed by atoms with E-state index in [1.54, 1.807) is 43.1 Å². The molecule has 0 spiro atoms. The number of likely N-dealkylation sites (N-methyl/N-ethyl adjacent to an activating group) is 1. The van der Waals surface area contributed by atoms with Crippen LogP contribution in [0.15, 0.2) is 36.5 Å². The fourth-order valence-corrected chi connectivity index (χ4v) is 3.81. The molecule has 3 rings (SSSR count). The fourth-order valence-electron chi connectivity index (χ4n) is 3.81. The average molecular weight is 496 g/mol. The number of ether oxygens (including phenoxy) is 3. The molecule has 0 radical (unpaired) electrons. The maximum Gasteiger partial charge on any atom is 0.259 e. The first kappa shape index (κ1) is 27.0. The number of hydrogen-bond acceptors (Lipinski definition) is 7. The predicted molar refractivity (Wildman–Crippen MR) is 134 cm³/mol. The molecule has 2 heterocycles. The number of rotatable bonds is 7. The van der Waals surface area contributed by atoms with Gasteiger partial charge in [-0.05, 0) is 37.3 Å². The molecule has 2 amide bonds. The molecule has 192 valence electrons. The van der Waals surface area contributed by atoms with E-state index < -0.39 is 12.1 Å². The van der Waals surface area contributed by atoms with Gasteiger partial charge in [0.25, 0.3) is 5.91 Å². The van der Waals surface area contributed by atoms with Gasteiger partial charge in [-0.1, -0.05) is 18.8 Å². The van der Waals surface area contributed by atoms with Crippen LogP contribution in [0.4, 0.5) is 0 Å². The SMILES string of the molecule is COCC(=O)N(C)C[C@@H]1Oc2ncc(C#Cc3ccc(OC)cc3)cc2C(=O)N([C@@H](C)CO)C[C@H]1C. The van der Waals surface area contributed by atoms with Crippen molar-refractivity contribution in [3.8, 4) is 23.5 Å². The third-order valence-electron chi connectivity index (χ3n) is 6.11. The van der Waals surface area contributed by atoms with Gasteiger partial charge >= 0.3 is 0 Å². The summed E-state index contributed by atoms with van der Waals surface area (Å²) in [6.45, 7) is 4.16. The van der Waals surface area contributed by atoms with Crippen LogP contribution in [0.25, 0.3) is 0 Å². The summed E-state index contributed by atoms with van der Waals surface area (Å²) in [5.74, 6) is 6.43. The standard InChI is InChI=1S/C27H33N3O6/c1-18-14-30(19(2)16-31)27(33)23-12-21(7-6-20-8-10-22(35-5)11-9-20)13-28-26(23)36-24(18)15-29(3)25(32)17-34-4/h8-13,18-19,24,31H,14-17H2,1-5H3/t18-,19+,24+/m1/s1. The normalized spacial score (nSPS) is 18.1. The number of benzene rings is 1. The van der Waals surface area contributed by atoms with Crippen LogP contribution in [0.1, 0.15) is 35.3 Å². The number of aliphatic hydroxyl groups excluding tert-OH is 1. The Morgan fingerprint density at radius 2 is 1.97 bits per heavy atom. The molecule has 1 aromatic carbocycles. The maximum absolute atomic E-state index is 13.5. The van der Waals surface area contributed by atoms with Gasteiger partial charge in [0.15, 0.2) is 0 Å². The summed E-state index contributed by atoms with van der Waals surface area (Å²) in [7, 11) is 4.75. The van der Waals surface area contributed by atoms with Crippen LogP contribution < -0.4 is 9.47 Å². The van der Waals surface area contributed by atoms with Gasteiger partial charge in [-0.25, -0.2) is 4.98 Å². The molecule has 3 atom stereocenters. The van der Waals surface area contributed by atoms with Crippen LogP contribution in [-0.2, 0) is 9.53 Å². The van der Waals surface area contributed by atoms with Gasteiger partial charge in [-0.3, -0.25) is 9.59 Å². The first-order valence-corrected chi connectivity index (χ1v) is 11.7. The van der Waals surface area contributed by atoms with E-state index in [0.717, 1.165) is 11.3 Å². The van der Waals surface area contributed by atoms with Crippen LogP contribution in [0, 0.1) is 17.8 Å². The van der Waals surface area contributed by atoms with Crippen LogP contribution in [0.2, 0.25) is 0 Å². The van der Waals surface area contributed by atoms with Crippen LogP contribution in [0.3, 0.4) is 0 Å². The number of aromatic nitrogens is 1. The fraction of sp³-hybridized carbons (Fsp3) is 0.444. The molecule has 2 aromatic rings. The second-order valence-electron chi connectivity index (χ2n) is 8.89. The zero-order valence-corrected chi connectivity index (χ0v) is 21.4. The Labute approximate surface area is 212 Å². The third kappa shape index (κ3) is 6.53. The maximum atomic E-state index is 13.5. The first-order valence-electron chi connectivity index (χ1n) is 11.7. The van der Waals surface area contributed by atoms with Crippen molar-refractivity contribution in [3.05, 3.63) is 53.2 Å². The lowest BCUT2D eigenvalue weighted by Gasteiger charge is -2.37. The van der Waals surface area contributed by atoms with E-state index in [2.05, 4.69) is 16.8 Å². The largest absolute Gasteiger partial charge is 0.497 e. The number of carbonyl (C=O) groups is 2. The highest BCUT2D eigenvalue weighted by atomic mass is 16.5. The summed E-state index contributed by atoms with van der Waals surface area (Å²) in [5, 5.41) is 9.81. The molecule has 0 unspecified atom stereocenters. The minimum absolute atomic E-state index is 0.0329. The third-order valence-corrected chi connectivity index (χ3v) is 6.11. The van der Waals surface area contributed by atoms with Gasteiger partial charge < -0.3 is 29.1 Å². The van der Waals surface area contributed by atoms with Gasteiger partial charge in [-0.15, -0.1) is 0 Å². The van der Waals surface area contributed by atoms with Crippen LogP contribution in [-0.4, -0.2) is 91.4 Å². The van der Waals surface area contributed by atoms with E-state index >= 15 is 0 Å². The summed E-state index contributed by atoms with van der Waals surface area (Å²) in [6, 6.07) is 8.59. The second-order valence-corrected chi connectivity index (χ2v) is 8.89. The lowest BCUT2D eigenvalue weighted by Crippen LogP contribution is -2.50. The number of pyridine rings is 1. The van der Waals surface area contributed by atoms with Crippen molar-refractivity contribution in [1.82, 2.24) is 14.8 Å². The Bertz CT molecular complexity index is 1120. The summed E-state index contributed by atoms with van der Waals surface area (Å²) < 4.78 is 16.3. The van der Waals surface area contributed by atoms with Crippen molar-refractivity contribution in [2.45, 2.75) is 26.0 Å². The smallest absolute Gasteiger partial charge is 0.259 e. The molecule has 9 nitrogen and oxygen atoms in total. The molecule has 1 N–H and O–H groups in total. The Kier molecular flexibility index (Phi) is 9.28. The molecule has 1 aliphatic rings. The van der Waals surface area contributed by atoms with Crippen molar-refractivity contribution in [1.29, 1.82) is 0 Å². The lowest BCUT2D eigenvalue weighted by molar-refractivity contribution is -0.135. The molecule has 1 aromatic heterocycles. The summed E-state index contributed by atoms with van der Waals surface area (Å²) >= 11 is 0. The van der Waals surface area contributed by atoms with Gasteiger partial charge in [0.05, 0.1) is 26.3 Å². The van der Waals surface area contributed by atoms with E-state index in [0.29, 0.717) is 18.7 Å². The average Bonchev–Trinajstić information content (AvgIpc) is 2.89. The van der Waals surface area contributed by atoms with E-state index in [-0.39, 0.29) is 42.4 Å². The molecular weight excluding hydrogens is 462 g/mol. The van der Waals surface area contributed by atoms with Gasteiger partial charge in [0.2, 0.25) is 11.8 Å². The number of hydrogen-bond donors (Lipinski definition) is 1. The Morgan fingerprint density at radius 3 is 2.61 bits per heavy atom. The number of nitrogens with zero attached hydrogens (tertiary/aromatic N) is 3. The minimum atomic E-state index is -0.431. The zero-order valence-electron chi connectivity index (χ0n) is 21.4. The molecular formula is C27H33N3O6. The highest BCUT2D eigenvalue weighted by molar-refractivity contribution is 5.97. The molecule has 0 saturated heterocycles. The number of methoxy groups -OCH3 is 2. The van der Waals surface area contributed by atoms with Gasteiger partial charge in [0, 0.05) is 43.9 Å². The van der Waals surface area contributed by atoms with E-state index in [4.69, 9.17) is 14.2 Å². The van der Waals surface area contributed by atoms with E-state index in [1.165, 1.54) is 7.11 Å². The molecule has 0 fully saturated rings. The van der Waals surface area contributed by atoms with Crippen molar-refractivity contribution >= 4 is 11.8 Å². The van der Waals surface area contributed by atoms with Gasteiger partial charge in [0.1, 0.15) is 24.0 Å². The van der Waals surface area contributed by atoms with E-state index in [1.807, 2.05) is 31.2 Å². The lowest BCUT2D eigenvalue weighted by atomic mass is 10.00. The number of amides is 2. The molecule has 0 saturated carbocycles. The Hall–Kier alpha value is -3.61. The first-order chi connectivity index (χ1) is 17.3. The molecule has 1 aliphatic heterocycles. The Morgan fingerprint density at radius 1 is 1.28 bits per heavy atom. The molecule has 9 heteroatoms. The summed E-state index contributed by atoms with van der Waals surface area (Å²) in [4.78, 5) is 33.4. The van der Waals surface area contributed by atoms with Crippen molar-refractivity contribution in [2.24, 2.45) is 5.92 Å². The minimum Gasteiger partial charge on any atom is -0.497 e. The van der Waals surface area contributed by atoms with Crippen LogP contribution >= 0.6 is 0 Å². The van der Waals surface area contributed by atoms with Crippen LogP contribution in [0.5, 0.6) is 11.6 Å². The van der Waals surface area contributed by atoms with Crippen molar-refractivity contribution < 1.29 is 28.9 Å². The summed E-state index contributed by atoms with van der Waals surface area (Å²) in [6.07, 6.45) is 1.13. The quantitative estimate of drug-likeness (QED) is 0.585. The zero-order chi connectivity index (χ0) is 26.2. The predicted octanol–water partition coefficient (Wildman–Crippen LogP) is 1.81. The summed E-state index contributed by atoms with van der Waals surface area (Å²) in [5.41, 5.74) is 1.61. The Balaban J connectivity index is 1.95. The highest BCUT2D eigenvalue weighted by Crippen LogP contribution is 2.27. The monoisotopic (exact) mass is 495 g/mol. The highest BCUT2D eigenvalue weighted by Gasteiger charge is 2.34.